The molecular weight excluding hydrogens is 552 g/mol. The number of hydrogen-bond acceptors (Lipinski definition) is 9. The van der Waals surface area contributed by atoms with Crippen LogP contribution in [0.5, 0.6) is 0 Å². The number of carbonyl (C=O) groups is 2. The molecule has 10 heteroatoms. The van der Waals surface area contributed by atoms with E-state index in [1.807, 2.05) is 91.0 Å². The van der Waals surface area contributed by atoms with E-state index >= 15 is 0 Å². The van der Waals surface area contributed by atoms with E-state index in [1.54, 1.807) is 0 Å². The van der Waals surface area contributed by atoms with Crippen LogP contribution in [0.2, 0.25) is 0 Å². The van der Waals surface area contributed by atoms with Gasteiger partial charge in [-0.1, -0.05) is 91.0 Å². The minimum absolute atomic E-state index is 0.0830. The SMILES string of the molecule is COC(=O)c1n[nH]c([C@@H]2O[C@H](COCc3ccccc3)[C@@H](OCc3ccccc3)[C@H]2OCc2ccccc2)c1C(=O)OC. The van der Waals surface area contributed by atoms with Crippen LogP contribution in [0.1, 0.15) is 49.3 Å². The van der Waals surface area contributed by atoms with Crippen molar-refractivity contribution in [2.45, 2.75) is 44.2 Å². The summed E-state index contributed by atoms with van der Waals surface area (Å²) in [5.41, 5.74) is 2.87. The van der Waals surface area contributed by atoms with Crippen molar-refractivity contribution in [3.8, 4) is 0 Å². The maximum atomic E-state index is 12.9. The van der Waals surface area contributed by atoms with Crippen LogP contribution in [0.25, 0.3) is 0 Å². The molecule has 0 unspecified atom stereocenters. The molecule has 0 bridgehead atoms. The zero-order chi connectivity index (χ0) is 30.0. The van der Waals surface area contributed by atoms with Crippen molar-refractivity contribution in [1.82, 2.24) is 10.2 Å². The summed E-state index contributed by atoms with van der Waals surface area (Å²) >= 11 is 0. The highest BCUT2D eigenvalue weighted by Gasteiger charge is 2.50. The van der Waals surface area contributed by atoms with Crippen molar-refractivity contribution in [3.05, 3.63) is 125 Å². The summed E-state index contributed by atoms with van der Waals surface area (Å²) in [6.07, 6.45) is -2.80. The highest BCUT2D eigenvalue weighted by molar-refractivity contribution is 6.02. The minimum Gasteiger partial charge on any atom is -0.465 e. The molecule has 1 saturated heterocycles. The van der Waals surface area contributed by atoms with Crippen molar-refractivity contribution in [1.29, 1.82) is 0 Å². The van der Waals surface area contributed by atoms with E-state index in [0.717, 1.165) is 16.7 Å². The monoisotopic (exact) mass is 586 g/mol. The van der Waals surface area contributed by atoms with Crippen LogP contribution in [0.15, 0.2) is 91.0 Å². The lowest BCUT2D eigenvalue weighted by Gasteiger charge is -2.25. The standard InChI is InChI=1S/C33H34N2O8/c1-38-32(36)26-27(34-35-28(26)33(37)39-2)30-31(42-20-24-16-10-5-11-17-24)29(41-19-23-14-8-4-9-15-23)25(43-30)21-40-18-22-12-6-3-7-13-22/h3-17,25,29-31H,18-21H2,1-2H3,(H,34,35)/t25-,29-,30+,31-/m1/s1. The summed E-state index contributed by atoms with van der Waals surface area (Å²) < 4.78 is 35.5. The largest absolute Gasteiger partial charge is 0.465 e. The third kappa shape index (κ3) is 7.36. The summed E-state index contributed by atoms with van der Waals surface area (Å²) in [5.74, 6) is -1.55. The lowest BCUT2D eigenvalue weighted by molar-refractivity contribution is -0.0898. The molecule has 1 aliphatic rings. The van der Waals surface area contributed by atoms with Crippen LogP contribution in [0.3, 0.4) is 0 Å². The average molecular weight is 587 g/mol. The van der Waals surface area contributed by atoms with E-state index in [9.17, 15) is 9.59 Å². The van der Waals surface area contributed by atoms with E-state index in [4.69, 9.17) is 28.4 Å². The Morgan fingerprint density at radius 2 is 1.23 bits per heavy atom. The maximum absolute atomic E-state index is 12.9. The third-order valence-corrected chi connectivity index (χ3v) is 7.12. The Morgan fingerprint density at radius 3 is 1.77 bits per heavy atom. The Morgan fingerprint density at radius 1 is 0.721 bits per heavy atom. The fourth-order valence-electron chi connectivity index (χ4n) is 4.99. The Balaban J connectivity index is 1.48. The summed E-state index contributed by atoms with van der Waals surface area (Å²) in [7, 11) is 2.44. The molecule has 0 amide bonds. The van der Waals surface area contributed by atoms with Crippen molar-refractivity contribution < 1.29 is 38.0 Å². The van der Waals surface area contributed by atoms with Crippen molar-refractivity contribution in [3.63, 3.8) is 0 Å². The highest BCUT2D eigenvalue weighted by Crippen LogP contribution is 2.40. The van der Waals surface area contributed by atoms with Gasteiger partial charge in [0.25, 0.3) is 0 Å². The Labute approximate surface area is 249 Å². The molecule has 0 aliphatic carbocycles. The van der Waals surface area contributed by atoms with Gasteiger partial charge in [0, 0.05) is 0 Å². The Bertz CT molecular complexity index is 1460. The second kappa shape index (κ2) is 14.7. The molecule has 5 rings (SSSR count). The van der Waals surface area contributed by atoms with Gasteiger partial charge in [0.05, 0.1) is 46.3 Å². The predicted octanol–water partition coefficient (Wildman–Crippen LogP) is 4.81. The maximum Gasteiger partial charge on any atom is 0.359 e. The quantitative estimate of drug-likeness (QED) is 0.220. The van der Waals surface area contributed by atoms with Crippen LogP contribution < -0.4 is 0 Å². The first-order valence-corrected chi connectivity index (χ1v) is 13.9. The molecule has 0 saturated carbocycles. The average Bonchev–Trinajstić information content (AvgIpc) is 3.65. The number of ether oxygens (including phenoxy) is 6. The molecule has 3 aromatic carbocycles. The first-order chi connectivity index (χ1) is 21.1. The first-order valence-electron chi connectivity index (χ1n) is 13.9. The van der Waals surface area contributed by atoms with Gasteiger partial charge in [-0.25, -0.2) is 9.59 Å². The molecule has 1 N–H and O–H groups in total. The molecule has 43 heavy (non-hydrogen) atoms. The van der Waals surface area contributed by atoms with Gasteiger partial charge in [0.15, 0.2) is 5.69 Å². The van der Waals surface area contributed by atoms with Gasteiger partial charge in [-0.05, 0) is 16.7 Å². The van der Waals surface area contributed by atoms with Gasteiger partial charge in [0.2, 0.25) is 0 Å². The van der Waals surface area contributed by atoms with Crippen LogP contribution in [0, 0.1) is 0 Å². The number of hydrogen-bond donors (Lipinski definition) is 1. The number of aromatic nitrogens is 2. The highest BCUT2D eigenvalue weighted by atomic mass is 16.6. The fourth-order valence-corrected chi connectivity index (χ4v) is 4.99. The van der Waals surface area contributed by atoms with E-state index in [0.29, 0.717) is 13.2 Å². The van der Waals surface area contributed by atoms with Crippen molar-refractivity contribution >= 4 is 11.9 Å². The first kappa shape index (κ1) is 30.1. The Hall–Kier alpha value is -4.35. The molecule has 10 nitrogen and oxygen atoms in total. The normalized spacial score (nSPS) is 19.7. The second-order valence-corrected chi connectivity index (χ2v) is 9.96. The third-order valence-electron chi connectivity index (χ3n) is 7.12. The number of esters is 2. The zero-order valence-corrected chi connectivity index (χ0v) is 24.0. The van der Waals surface area contributed by atoms with E-state index < -0.39 is 36.4 Å². The minimum atomic E-state index is -0.880. The van der Waals surface area contributed by atoms with Gasteiger partial charge in [-0.3, -0.25) is 5.10 Å². The molecule has 0 radical (unpaired) electrons. The van der Waals surface area contributed by atoms with Crippen LogP contribution in [-0.4, -0.2) is 61.3 Å². The van der Waals surface area contributed by atoms with Gasteiger partial charge in [-0.2, -0.15) is 5.10 Å². The number of rotatable bonds is 13. The number of carbonyl (C=O) groups excluding carboxylic acids is 2. The molecule has 2 heterocycles. The molecule has 1 aromatic heterocycles. The summed E-state index contributed by atoms with van der Waals surface area (Å²) in [6, 6.07) is 29.3. The lowest BCUT2D eigenvalue weighted by atomic mass is 10.0. The molecule has 1 fully saturated rings. The molecule has 4 atom stereocenters. The lowest BCUT2D eigenvalue weighted by Crippen LogP contribution is -2.38. The molecular formula is C33H34N2O8. The fraction of sp³-hybridized carbons (Fsp3) is 0.303. The van der Waals surface area contributed by atoms with Crippen LogP contribution >= 0.6 is 0 Å². The number of aromatic amines is 1. The Kier molecular flexibility index (Phi) is 10.3. The van der Waals surface area contributed by atoms with Crippen molar-refractivity contribution in [2.24, 2.45) is 0 Å². The van der Waals surface area contributed by atoms with E-state index in [2.05, 4.69) is 10.2 Å². The number of methoxy groups -OCH3 is 2. The molecule has 0 spiro atoms. The van der Waals surface area contributed by atoms with Gasteiger partial charge in [-0.15, -0.1) is 0 Å². The summed E-state index contributed by atoms with van der Waals surface area (Å²) in [5, 5.41) is 6.91. The zero-order valence-electron chi connectivity index (χ0n) is 24.0. The molecule has 1 aliphatic heterocycles. The van der Waals surface area contributed by atoms with E-state index in [-0.39, 0.29) is 30.2 Å². The number of H-pyrrole nitrogens is 1. The summed E-state index contributed by atoms with van der Waals surface area (Å²) in [6.45, 7) is 1.10. The van der Waals surface area contributed by atoms with Crippen molar-refractivity contribution in [2.75, 3.05) is 20.8 Å². The number of nitrogens with zero attached hydrogens (tertiary/aromatic N) is 1. The van der Waals surface area contributed by atoms with Gasteiger partial charge < -0.3 is 28.4 Å². The van der Waals surface area contributed by atoms with Crippen LogP contribution in [-0.2, 0) is 48.2 Å². The smallest absolute Gasteiger partial charge is 0.359 e. The predicted molar refractivity (Wildman–Crippen MR) is 155 cm³/mol. The number of benzene rings is 3. The van der Waals surface area contributed by atoms with Crippen LogP contribution in [0.4, 0.5) is 0 Å². The van der Waals surface area contributed by atoms with Gasteiger partial charge >= 0.3 is 11.9 Å². The van der Waals surface area contributed by atoms with Gasteiger partial charge in [0.1, 0.15) is 30.0 Å². The molecule has 224 valence electrons. The summed E-state index contributed by atoms with van der Waals surface area (Å²) in [4.78, 5) is 25.4. The number of nitrogens with one attached hydrogen (secondary N) is 1. The second-order valence-electron chi connectivity index (χ2n) is 9.96. The molecule has 4 aromatic rings. The topological polar surface area (TPSA) is 118 Å². The van der Waals surface area contributed by atoms with E-state index in [1.165, 1.54) is 14.2 Å².